The number of nitrogens with one attached hydrogen (secondary N) is 1. The first-order valence-electron chi connectivity index (χ1n) is 6.64. The van der Waals surface area contributed by atoms with Gasteiger partial charge in [0.1, 0.15) is 0 Å². The van der Waals surface area contributed by atoms with Gasteiger partial charge in [-0.15, -0.1) is 0 Å². The van der Waals surface area contributed by atoms with Gasteiger partial charge in [-0.1, -0.05) is 27.7 Å². The zero-order valence-corrected chi connectivity index (χ0v) is 12.0. The maximum atomic E-state index is 3.95. The Balaban J connectivity index is 3.91. The van der Waals surface area contributed by atoms with Crippen molar-refractivity contribution in [2.45, 2.75) is 59.9 Å². The molecule has 0 aromatic carbocycles. The second kappa shape index (κ2) is 8.60. The quantitative estimate of drug-likeness (QED) is 0.495. The highest BCUT2D eigenvalue weighted by atomic mass is 14.9. The highest BCUT2D eigenvalue weighted by Crippen LogP contribution is 2.25. The van der Waals surface area contributed by atoms with Gasteiger partial charge >= 0.3 is 0 Å². The molecule has 0 aliphatic carbocycles. The topological polar surface area (TPSA) is 24.4 Å². The summed E-state index contributed by atoms with van der Waals surface area (Å²) >= 11 is 0. The number of nitrogens with zero attached hydrogens (tertiary/aromatic N) is 1. The standard InChI is InChI=1S/C14H30N2/c1-11(2)9-14(12(3)4)8-7-13(5)16-10-15-6/h10-14H,7-9H2,1-6H3,(H,15,16). The second-order valence-electron chi connectivity index (χ2n) is 5.67. The van der Waals surface area contributed by atoms with E-state index in [0.717, 1.165) is 17.8 Å². The van der Waals surface area contributed by atoms with Gasteiger partial charge in [0.15, 0.2) is 0 Å². The average molecular weight is 226 g/mol. The van der Waals surface area contributed by atoms with Crippen molar-refractivity contribution in [3.63, 3.8) is 0 Å². The normalized spacial score (nSPS) is 16.0. The van der Waals surface area contributed by atoms with Crippen molar-refractivity contribution in [3.05, 3.63) is 0 Å². The lowest BCUT2D eigenvalue weighted by Crippen LogP contribution is -2.26. The summed E-state index contributed by atoms with van der Waals surface area (Å²) in [5, 5.41) is 3.29. The molecule has 16 heavy (non-hydrogen) atoms. The van der Waals surface area contributed by atoms with Crippen LogP contribution in [0.1, 0.15) is 53.9 Å². The maximum absolute atomic E-state index is 3.95. The van der Waals surface area contributed by atoms with Gasteiger partial charge in [0.25, 0.3) is 0 Å². The molecule has 0 spiro atoms. The first kappa shape index (κ1) is 15.5. The Kier molecular flexibility index (Phi) is 8.32. The van der Waals surface area contributed by atoms with Crippen LogP contribution in [0.4, 0.5) is 0 Å². The second-order valence-corrected chi connectivity index (χ2v) is 5.67. The summed E-state index contributed by atoms with van der Waals surface area (Å²) in [6, 6.07) is 0.539. The van der Waals surface area contributed by atoms with E-state index in [2.05, 4.69) is 44.9 Å². The Labute approximate surface area is 102 Å². The smallest absolute Gasteiger partial charge is 0.0822 e. The van der Waals surface area contributed by atoms with Crippen LogP contribution in [0.15, 0.2) is 4.99 Å². The third-order valence-electron chi connectivity index (χ3n) is 3.18. The molecule has 0 rings (SSSR count). The Morgan fingerprint density at radius 1 is 1.06 bits per heavy atom. The van der Waals surface area contributed by atoms with E-state index in [9.17, 15) is 0 Å². The third kappa shape index (κ3) is 7.72. The van der Waals surface area contributed by atoms with Crippen molar-refractivity contribution in [1.82, 2.24) is 5.32 Å². The summed E-state index contributed by atoms with van der Waals surface area (Å²) in [5.41, 5.74) is 0. The van der Waals surface area contributed by atoms with E-state index in [0.29, 0.717) is 6.04 Å². The molecule has 2 unspecified atom stereocenters. The largest absolute Gasteiger partial charge is 0.374 e. The van der Waals surface area contributed by atoms with Gasteiger partial charge in [-0.05, 0) is 43.9 Å². The molecule has 0 fully saturated rings. The molecule has 0 aliphatic rings. The van der Waals surface area contributed by atoms with Gasteiger partial charge in [-0.3, -0.25) is 4.99 Å². The lowest BCUT2D eigenvalue weighted by atomic mass is 9.83. The Hall–Kier alpha value is -0.530. The molecule has 0 radical (unpaired) electrons. The van der Waals surface area contributed by atoms with Crippen LogP contribution in [-0.4, -0.2) is 19.4 Å². The number of aliphatic imine (C=N–C) groups is 1. The first-order chi connectivity index (χ1) is 7.47. The molecule has 96 valence electrons. The van der Waals surface area contributed by atoms with Crippen LogP contribution in [0.3, 0.4) is 0 Å². The summed E-state index contributed by atoms with van der Waals surface area (Å²) in [7, 11) is 1.80. The van der Waals surface area contributed by atoms with Crippen molar-refractivity contribution in [1.29, 1.82) is 0 Å². The van der Waals surface area contributed by atoms with Crippen LogP contribution in [0, 0.1) is 17.8 Å². The zero-order chi connectivity index (χ0) is 12.6. The van der Waals surface area contributed by atoms with Crippen LogP contribution >= 0.6 is 0 Å². The minimum atomic E-state index is 0.539. The molecular formula is C14H30N2. The van der Waals surface area contributed by atoms with Gasteiger partial charge in [-0.2, -0.15) is 0 Å². The molecule has 0 aliphatic heterocycles. The fourth-order valence-corrected chi connectivity index (χ4v) is 2.08. The van der Waals surface area contributed by atoms with Gasteiger partial charge in [0.05, 0.1) is 6.34 Å². The molecule has 0 saturated heterocycles. The van der Waals surface area contributed by atoms with Crippen molar-refractivity contribution >= 4 is 6.34 Å². The molecule has 0 amide bonds. The third-order valence-corrected chi connectivity index (χ3v) is 3.18. The molecular weight excluding hydrogens is 196 g/mol. The summed E-state index contributed by atoms with van der Waals surface area (Å²) in [6.45, 7) is 11.6. The van der Waals surface area contributed by atoms with Crippen molar-refractivity contribution in [2.24, 2.45) is 22.7 Å². The van der Waals surface area contributed by atoms with E-state index in [4.69, 9.17) is 0 Å². The van der Waals surface area contributed by atoms with E-state index >= 15 is 0 Å². The highest BCUT2D eigenvalue weighted by molar-refractivity contribution is 5.54. The minimum absolute atomic E-state index is 0.539. The predicted octanol–water partition coefficient (Wildman–Crippen LogP) is 3.72. The fourth-order valence-electron chi connectivity index (χ4n) is 2.08. The first-order valence-corrected chi connectivity index (χ1v) is 6.64. The van der Waals surface area contributed by atoms with Crippen LogP contribution < -0.4 is 5.32 Å². The molecule has 2 atom stereocenters. The Bertz CT molecular complexity index is 185. The maximum Gasteiger partial charge on any atom is 0.0822 e. The van der Waals surface area contributed by atoms with Crippen molar-refractivity contribution in [3.8, 4) is 0 Å². The molecule has 0 bridgehead atoms. The highest BCUT2D eigenvalue weighted by Gasteiger charge is 2.15. The molecule has 0 aromatic heterocycles. The van der Waals surface area contributed by atoms with Gasteiger partial charge in [-0.25, -0.2) is 0 Å². The van der Waals surface area contributed by atoms with Crippen molar-refractivity contribution < 1.29 is 0 Å². The SMILES string of the molecule is CN=CNC(C)CCC(CC(C)C)C(C)C. The summed E-state index contributed by atoms with van der Waals surface area (Å²) < 4.78 is 0. The predicted molar refractivity (Wildman–Crippen MR) is 74.0 cm³/mol. The zero-order valence-electron chi connectivity index (χ0n) is 12.0. The Morgan fingerprint density at radius 2 is 1.69 bits per heavy atom. The number of rotatable bonds is 8. The van der Waals surface area contributed by atoms with Gasteiger partial charge in [0, 0.05) is 13.1 Å². The monoisotopic (exact) mass is 226 g/mol. The lowest BCUT2D eigenvalue weighted by Gasteiger charge is -2.24. The Morgan fingerprint density at radius 3 is 2.12 bits per heavy atom. The number of hydrogen-bond donors (Lipinski definition) is 1. The fraction of sp³-hybridized carbons (Fsp3) is 0.929. The van der Waals surface area contributed by atoms with E-state index < -0.39 is 0 Å². The van der Waals surface area contributed by atoms with Crippen LogP contribution in [0.25, 0.3) is 0 Å². The average Bonchev–Trinajstić information content (AvgIpc) is 2.20. The van der Waals surface area contributed by atoms with Gasteiger partial charge < -0.3 is 5.32 Å². The molecule has 0 aromatic rings. The van der Waals surface area contributed by atoms with E-state index in [1.165, 1.54) is 19.3 Å². The molecule has 1 N–H and O–H groups in total. The van der Waals surface area contributed by atoms with E-state index in [1.807, 2.05) is 0 Å². The molecule has 2 nitrogen and oxygen atoms in total. The lowest BCUT2D eigenvalue weighted by molar-refractivity contribution is 0.285. The minimum Gasteiger partial charge on any atom is -0.374 e. The molecule has 0 heterocycles. The number of hydrogen-bond acceptors (Lipinski definition) is 1. The summed E-state index contributed by atoms with van der Waals surface area (Å²) in [5.74, 6) is 2.48. The summed E-state index contributed by atoms with van der Waals surface area (Å²) in [4.78, 5) is 3.95. The molecule has 2 heteroatoms. The van der Waals surface area contributed by atoms with Crippen LogP contribution in [0.2, 0.25) is 0 Å². The van der Waals surface area contributed by atoms with E-state index in [-0.39, 0.29) is 0 Å². The van der Waals surface area contributed by atoms with Crippen molar-refractivity contribution in [2.75, 3.05) is 7.05 Å². The summed E-state index contributed by atoms with van der Waals surface area (Å²) in [6.07, 6.45) is 5.72. The van der Waals surface area contributed by atoms with E-state index in [1.54, 1.807) is 13.4 Å². The van der Waals surface area contributed by atoms with Gasteiger partial charge in [0.2, 0.25) is 0 Å². The molecule has 0 saturated carbocycles. The van der Waals surface area contributed by atoms with Crippen LogP contribution in [0.5, 0.6) is 0 Å². The van der Waals surface area contributed by atoms with Crippen LogP contribution in [-0.2, 0) is 0 Å².